The Bertz CT molecular complexity index is 214. The van der Waals surface area contributed by atoms with E-state index in [0.29, 0.717) is 8.58 Å². The van der Waals surface area contributed by atoms with Crippen LogP contribution in [0, 0.1) is 6.66 Å². The molecule has 0 aromatic heterocycles. The Balaban J connectivity index is 2.93. The lowest BCUT2D eigenvalue weighted by atomic mass is 10.0. The molecule has 0 fully saturated rings. The van der Waals surface area contributed by atoms with Crippen LogP contribution in [-0.2, 0) is 5.16 Å². The Morgan fingerprint density at radius 1 is 1.18 bits per heavy atom. The molecule has 0 aliphatic carbocycles. The maximum atomic E-state index is 3.96. The van der Waals surface area contributed by atoms with E-state index >= 15 is 0 Å². The van der Waals surface area contributed by atoms with Gasteiger partial charge in [-0.05, 0) is 12.2 Å². The molecule has 0 saturated carbocycles. The maximum absolute atomic E-state index is 3.96. The van der Waals surface area contributed by atoms with Crippen LogP contribution >= 0.6 is 8.58 Å². The Morgan fingerprint density at radius 2 is 1.73 bits per heavy atom. The molecule has 1 unspecified atom stereocenters. The SMILES string of the molecule is [CH2]PC(C)(C)c1ccccc1. The van der Waals surface area contributed by atoms with Crippen molar-refractivity contribution in [3.8, 4) is 0 Å². The van der Waals surface area contributed by atoms with Crippen molar-refractivity contribution in [1.82, 2.24) is 0 Å². The van der Waals surface area contributed by atoms with Gasteiger partial charge in [-0.3, -0.25) is 0 Å². The van der Waals surface area contributed by atoms with Crippen molar-refractivity contribution in [3.63, 3.8) is 0 Å². The standard InChI is InChI=1S/C10H14P/c1-10(2,11-3)9-7-5-4-6-8-9/h4-8,11H,3H2,1-2H3. The van der Waals surface area contributed by atoms with Crippen LogP contribution in [0.5, 0.6) is 0 Å². The Labute approximate surface area is 70.8 Å². The fraction of sp³-hybridized carbons (Fsp3) is 0.300. The first-order valence-corrected chi connectivity index (χ1v) is 4.97. The molecule has 0 aliphatic heterocycles. The van der Waals surface area contributed by atoms with Gasteiger partial charge >= 0.3 is 0 Å². The van der Waals surface area contributed by atoms with Gasteiger partial charge in [0.15, 0.2) is 0 Å². The molecule has 1 aromatic carbocycles. The normalized spacial score (nSPS) is 12.6. The van der Waals surface area contributed by atoms with Gasteiger partial charge in [0, 0.05) is 5.16 Å². The smallest absolute Gasteiger partial charge is 0.00699 e. The minimum Gasteiger partial charge on any atom is -0.111 e. The molecule has 0 heterocycles. The second kappa shape index (κ2) is 3.36. The molecule has 0 saturated heterocycles. The second-order valence-electron chi connectivity index (χ2n) is 3.17. The summed E-state index contributed by atoms with van der Waals surface area (Å²) in [7, 11) is 0.712. The number of benzene rings is 1. The highest BCUT2D eigenvalue weighted by molar-refractivity contribution is 7.40. The van der Waals surface area contributed by atoms with Crippen LogP contribution in [0.25, 0.3) is 0 Å². The van der Waals surface area contributed by atoms with Gasteiger partial charge in [0.1, 0.15) is 0 Å². The number of hydrogen-bond donors (Lipinski definition) is 0. The second-order valence-corrected chi connectivity index (χ2v) is 4.77. The summed E-state index contributed by atoms with van der Waals surface area (Å²) in [6, 6.07) is 10.5. The predicted molar refractivity (Wildman–Crippen MR) is 53.1 cm³/mol. The summed E-state index contributed by atoms with van der Waals surface area (Å²) in [4.78, 5) is 0. The minimum atomic E-state index is 0.251. The van der Waals surface area contributed by atoms with Crippen LogP contribution in [0.4, 0.5) is 0 Å². The molecule has 0 amide bonds. The average Bonchev–Trinajstić information content (AvgIpc) is 2.06. The first-order chi connectivity index (χ1) is 5.17. The van der Waals surface area contributed by atoms with E-state index in [2.05, 4.69) is 44.8 Å². The monoisotopic (exact) mass is 165 g/mol. The molecule has 0 N–H and O–H groups in total. The Kier molecular flexibility index (Phi) is 2.67. The molecule has 0 spiro atoms. The first kappa shape index (κ1) is 8.74. The minimum absolute atomic E-state index is 0.251. The van der Waals surface area contributed by atoms with Crippen LogP contribution < -0.4 is 0 Å². The Hall–Kier alpha value is -0.350. The van der Waals surface area contributed by atoms with Crippen molar-refractivity contribution in [3.05, 3.63) is 42.6 Å². The largest absolute Gasteiger partial charge is 0.111 e. The molecule has 0 bridgehead atoms. The number of hydrogen-bond acceptors (Lipinski definition) is 0. The van der Waals surface area contributed by atoms with Gasteiger partial charge in [-0.2, -0.15) is 0 Å². The number of rotatable bonds is 2. The van der Waals surface area contributed by atoms with Crippen LogP contribution in [0.3, 0.4) is 0 Å². The van der Waals surface area contributed by atoms with Gasteiger partial charge in [-0.1, -0.05) is 44.2 Å². The third-order valence-electron chi connectivity index (χ3n) is 1.94. The van der Waals surface area contributed by atoms with E-state index in [1.165, 1.54) is 5.56 Å². The van der Waals surface area contributed by atoms with E-state index in [1.807, 2.05) is 6.07 Å². The van der Waals surface area contributed by atoms with Crippen molar-refractivity contribution in [1.29, 1.82) is 0 Å². The summed E-state index contributed by atoms with van der Waals surface area (Å²) in [6.45, 7) is 8.42. The van der Waals surface area contributed by atoms with Gasteiger partial charge in [0.25, 0.3) is 0 Å². The van der Waals surface area contributed by atoms with E-state index < -0.39 is 0 Å². The van der Waals surface area contributed by atoms with Crippen LogP contribution in [0.1, 0.15) is 19.4 Å². The zero-order chi connectivity index (χ0) is 8.32. The predicted octanol–water partition coefficient (Wildman–Crippen LogP) is 3.39. The third-order valence-corrected chi connectivity index (χ3v) is 3.11. The lowest BCUT2D eigenvalue weighted by Crippen LogP contribution is -2.07. The molecule has 0 nitrogen and oxygen atoms in total. The third kappa shape index (κ3) is 2.04. The molecular formula is C10H14P. The van der Waals surface area contributed by atoms with E-state index in [4.69, 9.17) is 0 Å². The van der Waals surface area contributed by atoms with E-state index in [-0.39, 0.29) is 5.16 Å². The molecule has 1 radical (unpaired) electrons. The fourth-order valence-electron chi connectivity index (χ4n) is 0.957. The molecule has 11 heavy (non-hydrogen) atoms. The fourth-order valence-corrected chi connectivity index (χ4v) is 1.33. The van der Waals surface area contributed by atoms with Gasteiger partial charge in [0.05, 0.1) is 0 Å². The average molecular weight is 165 g/mol. The summed E-state index contributed by atoms with van der Waals surface area (Å²) < 4.78 is 0. The van der Waals surface area contributed by atoms with Crippen molar-refractivity contribution >= 4 is 8.58 Å². The first-order valence-electron chi connectivity index (χ1n) is 3.76. The van der Waals surface area contributed by atoms with E-state index in [9.17, 15) is 0 Å². The van der Waals surface area contributed by atoms with Crippen molar-refractivity contribution in [2.24, 2.45) is 0 Å². The van der Waals surface area contributed by atoms with Crippen LogP contribution in [-0.4, -0.2) is 0 Å². The molecule has 1 aromatic rings. The van der Waals surface area contributed by atoms with E-state index in [1.54, 1.807) is 0 Å². The summed E-state index contributed by atoms with van der Waals surface area (Å²) in [5.74, 6) is 0. The molecule has 59 valence electrons. The highest BCUT2D eigenvalue weighted by Crippen LogP contribution is 2.39. The van der Waals surface area contributed by atoms with E-state index in [0.717, 1.165) is 0 Å². The highest BCUT2D eigenvalue weighted by Gasteiger charge is 2.16. The maximum Gasteiger partial charge on any atom is 0.00699 e. The van der Waals surface area contributed by atoms with Gasteiger partial charge in [-0.15, -0.1) is 8.58 Å². The molecule has 0 aliphatic rings. The van der Waals surface area contributed by atoms with Gasteiger partial charge in [0.2, 0.25) is 0 Å². The van der Waals surface area contributed by atoms with Crippen molar-refractivity contribution < 1.29 is 0 Å². The van der Waals surface area contributed by atoms with Gasteiger partial charge in [-0.25, -0.2) is 0 Å². The highest BCUT2D eigenvalue weighted by atomic mass is 31.1. The Morgan fingerprint density at radius 3 is 2.18 bits per heavy atom. The summed E-state index contributed by atoms with van der Waals surface area (Å²) in [5.41, 5.74) is 1.38. The molecule has 1 rings (SSSR count). The van der Waals surface area contributed by atoms with Crippen LogP contribution in [0.2, 0.25) is 0 Å². The lowest BCUT2D eigenvalue weighted by Gasteiger charge is -2.22. The van der Waals surface area contributed by atoms with Gasteiger partial charge < -0.3 is 0 Å². The molecule has 1 heteroatoms. The lowest BCUT2D eigenvalue weighted by molar-refractivity contribution is 0.777. The zero-order valence-corrected chi connectivity index (χ0v) is 8.09. The van der Waals surface area contributed by atoms with Crippen molar-refractivity contribution in [2.45, 2.75) is 19.0 Å². The zero-order valence-electron chi connectivity index (χ0n) is 7.09. The summed E-state index contributed by atoms with van der Waals surface area (Å²) in [6.07, 6.45) is 0. The van der Waals surface area contributed by atoms with Crippen LogP contribution in [0.15, 0.2) is 30.3 Å². The van der Waals surface area contributed by atoms with Crippen molar-refractivity contribution in [2.75, 3.05) is 0 Å². The molecular weight excluding hydrogens is 151 g/mol. The summed E-state index contributed by atoms with van der Waals surface area (Å²) in [5, 5.41) is 0.251. The quantitative estimate of drug-likeness (QED) is 0.589. The topological polar surface area (TPSA) is 0 Å². The molecule has 1 atom stereocenters. The summed E-state index contributed by atoms with van der Waals surface area (Å²) >= 11 is 0.